The van der Waals surface area contributed by atoms with E-state index < -0.39 is 22.7 Å². The number of halogens is 3. The van der Waals surface area contributed by atoms with E-state index in [1.165, 1.54) is 17.3 Å². The van der Waals surface area contributed by atoms with Gasteiger partial charge in [0.15, 0.2) is 0 Å². The number of piperazine rings is 1. The van der Waals surface area contributed by atoms with Crippen LogP contribution >= 0.6 is 0 Å². The van der Waals surface area contributed by atoms with Gasteiger partial charge in [-0.25, -0.2) is 0 Å². The van der Waals surface area contributed by atoms with Crippen molar-refractivity contribution in [2.24, 2.45) is 0 Å². The fraction of sp³-hybridized carbons (Fsp3) is 0.552. The Bertz CT molecular complexity index is 1140. The molecule has 4 rings (SSSR count). The van der Waals surface area contributed by atoms with E-state index in [0.29, 0.717) is 38.9 Å². The zero-order chi connectivity index (χ0) is 29.1. The lowest BCUT2D eigenvalue weighted by Gasteiger charge is -2.37. The molecular formula is C29H40F3N5O3. The first-order valence-electron chi connectivity index (χ1n) is 13.8. The largest absolute Gasteiger partial charge is 0.418 e. The Hall–Kier alpha value is -3.02. The van der Waals surface area contributed by atoms with E-state index in [1.54, 1.807) is 0 Å². The van der Waals surface area contributed by atoms with Crippen LogP contribution in [0.2, 0.25) is 0 Å². The fourth-order valence-corrected chi connectivity index (χ4v) is 5.35. The average Bonchev–Trinajstić information content (AvgIpc) is 2.91. The summed E-state index contributed by atoms with van der Waals surface area (Å²) < 4.78 is 40.0. The summed E-state index contributed by atoms with van der Waals surface area (Å²) in [6, 6.07) is 12.0. The minimum Gasteiger partial charge on any atom is -0.382 e. The minimum atomic E-state index is -4.74. The number of rotatable bonds is 7. The highest BCUT2D eigenvalue weighted by Gasteiger charge is 2.35. The van der Waals surface area contributed by atoms with Gasteiger partial charge in [0.25, 0.3) is 0 Å². The van der Waals surface area contributed by atoms with Crippen molar-refractivity contribution >= 4 is 23.0 Å². The number of benzene rings is 2. The molecule has 2 fully saturated rings. The summed E-state index contributed by atoms with van der Waals surface area (Å²) >= 11 is 0. The SMILES string of the molecule is CC(C)(C)c1ccc(N2CCN(CCC(=O)N3CCC(Nc4ccc(N(O)O)c(C(F)(F)F)c4)CC3)CC2)cc1. The third-order valence-electron chi connectivity index (χ3n) is 7.85. The molecule has 0 spiro atoms. The van der Waals surface area contributed by atoms with Gasteiger partial charge in [-0.1, -0.05) is 32.9 Å². The Labute approximate surface area is 233 Å². The number of piperidine rings is 1. The predicted octanol–water partition coefficient (Wildman–Crippen LogP) is 5.20. The Balaban J connectivity index is 1.19. The minimum absolute atomic E-state index is 0.0825. The predicted molar refractivity (Wildman–Crippen MR) is 149 cm³/mol. The van der Waals surface area contributed by atoms with E-state index in [2.05, 4.69) is 60.2 Å². The van der Waals surface area contributed by atoms with Gasteiger partial charge in [0, 0.05) is 69.7 Å². The van der Waals surface area contributed by atoms with Crippen LogP contribution in [0.4, 0.5) is 30.2 Å². The monoisotopic (exact) mass is 563 g/mol. The molecule has 220 valence electrons. The highest BCUT2D eigenvalue weighted by Crippen LogP contribution is 2.38. The standard InChI is InChI=1S/C29H40F3N5O3/c1-28(2,3)21-4-7-24(8-5-21)35-18-16-34(17-19-35)13-12-27(38)36-14-10-22(11-15-36)33-23-6-9-26(37(39)40)25(20-23)29(30,31)32/h4-9,20,22,33,39-40H,10-19H2,1-3H3. The molecule has 0 bridgehead atoms. The van der Waals surface area contributed by atoms with Crippen LogP contribution in [0, 0.1) is 0 Å². The summed E-state index contributed by atoms with van der Waals surface area (Å²) in [5, 5.41) is 20.8. The smallest absolute Gasteiger partial charge is 0.382 e. The molecule has 3 N–H and O–H groups in total. The molecule has 2 aromatic carbocycles. The lowest BCUT2D eigenvalue weighted by molar-refractivity contribution is -0.138. The number of hydrogen-bond acceptors (Lipinski definition) is 7. The van der Waals surface area contributed by atoms with Crippen molar-refractivity contribution in [2.75, 3.05) is 61.3 Å². The molecular weight excluding hydrogens is 523 g/mol. The van der Waals surface area contributed by atoms with Crippen molar-refractivity contribution in [2.45, 2.75) is 57.7 Å². The molecule has 0 unspecified atom stereocenters. The third-order valence-corrected chi connectivity index (χ3v) is 7.85. The maximum Gasteiger partial charge on any atom is 0.418 e. The van der Waals surface area contributed by atoms with Crippen LogP contribution in [0.3, 0.4) is 0 Å². The van der Waals surface area contributed by atoms with Crippen molar-refractivity contribution < 1.29 is 28.4 Å². The Kier molecular flexibility index (Phi) is 9.16. The summed E-state index contributed by atoms with van der Waals surface area (Å²) in [6.45, 7) is 12.1. The zero-order valence-corrected chi connectivity index (χ0v) is 23.4. The van der Waals surface area contributed by atoms with Crippen LogP contribution in [0.1, 0.15) is 51.2 Å². The molecule has 0 atom stereocenters. The molecule has 2 saturated heterocycles. The number of hydrogen-bond donors (Lipinski definition) is 3. The van der Waals surface area contributed by atoms with E-state index in [0.717, 1.165) is 38.3 Å². The van der Waals surface area contributed by atoms with Crippen molar-refractivity contribution in [1.82, 2.24) is 9.80 Å². The van der Waals surface area contributed by atoms with Gasteiger partial charge in [-0.3, -0.25) is 20.1 Å². The van der Waals surface area contributed by atoms with Crippen LogP contribution in [-0.4, -0.2) is 78.0 Å². The second-order valence-corrected chi connectivity index (χ2v) is 11.7. The first-order valence-corrected chi connectivity index (χ1v) is 13.8. The summed E-state index contributed by atoms with van der Waals surface area (Å²) in [4.78, 5) is 19.4. The van der Waals surface area contributed by atoms with E-state index in [-0.39, 0.29) is 23.1 Å². The average molecular weight is 564 g/mol. The van der Waals surface area contributed by atoms with Crippen LogP contribution in [0.5, 0.6) is 0 Å². The molecule has 1 amide bonds. The Morgan fingerprint density at radius 2 is 1.57 bits per heavy atom. The number of carbonyl (C=O) groups is 1. The quantitative estimate of drug-likeness (QED) is 0.400. The molecule has 2 aliphatic rings. The molecule has 0 aromatic heterocycles. The lowest BCUT2D eigenvalue weighted by atomic mass is 9.87. The van der Waals surface area contributed by atoms with E-state index in [1.807, 2.05) is 4.90 Å². The van der Waals surface area contributed by atoms with E-state index >= 15 is 0 Å². The topological polar surface area (TPSA) is 82.5 Å². The molecule has 2 heterocycles. The molecule has 40 heavy (non-hydrogen) atoms. The molecule has 2 aromatic rings. The van der Waals surface area contributed by atoms with Crippen LogP contribution < -0.4 is 15.4 Å². The third kappa shape index (κ3) is 7.58. The van der Waals surface area contributed by atoms with Gasteiger partial charge in [-0.15, -0.1) is 5.23 Å². The second kappa shape index (κ2) is 12.2. The van der Waals surface area contributed by atoms with Gasteiger partial charge in [0.1, 0.15) is 5.69 Å². The number of nitrogens with one attached hydrogen (secondary N) is 1. The van der Waals surface area contributed by atoms with E-state index in [4.69, 9.17) is 10.4 Å². The van der Waals surface area contributed by atoms with Crippen LogP contribution in [-0.2, 0) is 16.4 Å². The highest BCUT2D eigenvalue weighted by molar-refractivity contribution is 5.76. The molecule has 0 radical (unpaired) electrons. The first-order chi connectivity index (χ1) is 18.8. The van der Waals surface area contributed by atoms with Gasteiger partial charge in [-0.2, -0.15) is 13.2 Å². The number of nitrogens with zero attached hydrogens (tertiary/aromatic N) is 4. The fourth-order valence-electron chi connectivity index (χ4n) is 5.35. The van der Waals surface area contributed by atoms with Gasteiger partial charge < -0.3 is 15.1 Å². The van der Waals surface area contributed by atoms with Gasteiger partial charge in [-0.05, 0) is 54.2 Å². The van der Waals surface area contributed by atoms with Crippen molar-refractivity contribution in [3.63, 3.8) is 0 Å². The normalized spacial score (nSPS) is 17.7. The number of anilines is 3. The van der Waals surface area contributed by atoms with Crippen molar-refractivity contribution in [1.29, 1.82) is 0 Å². The number of likely N-dealkylation sites (tertiary alicyclic amines) is 1. The summed E-state index contributed by atoms with van der Waals surface area (Å²) in [5.41, 5.74) is 1.04. The zero-order valence-electron chi connectivity index (χ0n) is 23.4. The van der Waals surface area contributed by atoms with Gasteiger partial charge in [0.2, 0.25) is 5.91 Å². The molecule has 2 aliphatic heterocycles. The van der Waals surface area contributed by atoms with Gasteiger partial charge >= 0.3 is 6.18 Å². The summed E-state index contributed by atoms with van der Waals surface area (Å²) in [7, 11) is 0. The number of alkyl halides is 3. The van der Waals surface area contributed by atoms with Crippen molar-refractivity contribution in [3.8, 4) is 0 Å². The van der Waals surface area contributed by atoms with Gasteiger partial charge in [0.05, 0.1) is 5.56 Å². The van der Waals surface area contributed by atoms with Crippen molar-refractivity contribution in [3.05, 3.63) is 53.6 Å². The number of amides is 1. The maximum absolute atomic E-state index is 13.3. The lowest BCUT2D eigenvalue weighted by Crippen LogP contribution is -2.48. The molecule has 11 heteroatoms. The molecule has 0 aliphatic carbocycles. The second-order valence-electron chi connectivity index (χ2n) is 11.7. The molecule has 8 nitrogen and oxygen atoms in total. The highest BCUT2D eigenvalue weighted by atomic mass is 19.4. The van der Waals surface area contributed by atoms with E-state index in [9.17, 15) is 18.0 Å². The Morgan fingerprint density at radius 3 is 2.12 bits per heavy atom. The maximum atomic E-state index is 13.3. The molecule has 0 saturated carbocycles. The summed E-state index contributed by atoms with van der Waals surface area (Å²) in [6.07, 6.45) is -3.05. The first kappa shape index (κ1) is 30.0. The van der Waals surface area contributed by atoms with Crippen LogP contribution in [0.25, 0.3) is 0 Å². The Morgan fingerprint density at radius 1 is 0.950 bits per heavy atom. The number of carbonyl (C=O) groups excluding carboxylic acids is 1. The van der Waals surface area contributed by atoms with Crippen LogP contribution in [0.15, 0.2) is 42.5 Å². The summed E-state index contributed by atoms with van der Waals surface area (Å²) in [5.74, 6) is 0.105.